The van der Waals surface area contributed by atoms with Gasteiger partial charge in [-0.25, -0.2) is 5.43 Å². The number of hydrogen-bond acceptors (Lipinski definition) is 5. The van der Waals surface area contributed by atoms with E-state index >= 15 is 0 Å². The highest BCUT2D eigenvalue weighted by atomic mass is 35.5. The van der Waals surface area contributed by atoms with Crippen LogP contribution in [-0.2, 0) is 22.6 Å². The van der Waals surface area contributed by atoms with Crippen LogP contribution in [0.5, 0.6) is 11.5 Å². The molecule has 0 aliphatic heterocycles. The molecule has 0 aliphatic rings. The van der Waals surface area contributed by atoms with Crippen molar-refractivity contribution in [3.05, 3.63) is 87.4 Å². The third kappa shape index (κ3) is 7.21. The SMILES string of the molecule is CCOc1cc(/C=N/NC(=O)C(=O)Nc2ccccc2CC)ccc1OCc1c(Cl)cccc1Cl. The summed E-state index contributed by atoms with van der Waals surface area (Å²) in [6.45, 7) is 4.40. The van der Waals surface area contributed by atoms with E-state index in [1.165, 1.54) is 6.21 Å². The molecule has 2 amide bonds. The fourth-order valence-electron chi connectivity index (χ4n) is 3.16. The summed E-state index contributed by atoms with van der Waals surface area (Å²) >= 11 is 12.4. The molecule has 3 aromatic rings. The third-order valence-electron chi connectivity index (χ3n) is 4.93. The molecule has 35 heavy (non-hydrogen) atoms. The fraction of sp³-hybridized carbons (Fsp3) is 0.192. The van der Waals surface area contributed by atoms with Crippen molar-refractivity contribution in [3.8, 4) is 11.5 Å². The number of anilines is 1. The summed E-state index contributed by atoms with van der Waals surface area (Å²) in [5.41, 5.74) is 5.06. The number of hydrogen-bond donors (Lipinski definition) is 2. The Labute approximate surface area is 214 Å². The van der Waals surface area contributed by atoms with E-state index in [1.807, 2.05) is 26.0 Å². The number of hydrazone groups is 1. The average Bonchev–Trinajstić information content (AvgIpc) is 2.85. The lowest BCUT2D eigenvalue weighted by Crippen LogP contribution is -2.32. The maximum atomic E-state index is 12.2. The van der Waals surface area contributed by atoms with Crippen molar-refractivity contribution >= 4 is 46.9 Å². The first-order valence-corrected chi connectivity index (χ1v) is 11.7. The number of nitrogens with zero attached hydrogens (tertiary/aromatic N) is 1. The van der Waals surface area contributed by atoms with Gasteiger partial charge >= 0.3 is 11.8 Å². The number of carbonyl (C=O) groups is 2. The minimum Gasteiger partial charge on any atom is -0.490 e. The summed E-state index contributed by atoms with van der Waals surface area (Å²) in [5.74, 6) is -0.702. The van der Waals surface area contributed by atoms with Gasteiger partial charge < -0.3 is 14.8 Å². The predicted molar refractivity (Wildman–Crippen MR) is 139 cm³/mol. The molecule has 9 heteroatoms. The minimum absolute atomic E-state index is 0.165. The lowest BCUT2D eigenvalue weighted by atomic mass is 10.1. The number of rotatable bonds is 9. The van der Waals surface area contributed by atoms with E-state index in [4.69, 9.17) is 32.7 Å². The van der Waals surface area contributed by atoms with Crippen LogP contribution in [0.15, 0.2) is 65.8 Å². The highest BCUT2D eigenvalue weighted by Gasteiger charge is 2.14. The van der Waals surface area contributed by atoms with E-state index in [9.17, 15) is 9.59 Å². The van der Waals surface area contributed by atoms with Crippen LogP contribution in [0.4, 0.5) is 5.69 Å². The zero-order chi connectivity index (χ0) is 25.2. The van der Waals surface area contributed by atoms with Crippen LogP contribution in [0.3, 0.4) is 0 Å². The Morgan fingerprint density at radius 3 is 2.37 bits per heavy atom. The van der Waals surface area contributed by atoms with Gasteiger partial charge in [0.15, 0.2) is 11.5 Å². The fourth-order valence-corrected chi connectivity index (χ4v) is 3.67. The molecule has 0 heterocycles. The molecule has 0 fully saturated rings. The van der Waals surface area contributed by atoms with Gasteiger partial charge in [0.1, 0.15) is 6.61 Å². The summed E-state index contributed by atoms with van der Waals surface area (Å²) < 4.78 is 11.6. The first kappa shape index (κ1) is 26.1. The maximum Gasteiger partial charge on any atom is 0.329 e. The van der Waals surface area contributed by atoms with Crippen molar-refractivity contribution in [2.45, 2.75) is 26.9 Å². The van der Waals surface area contributed by atoms with E-state index in [1.54, 1.807) is 48.5 Å². The Morgan fingerprint density at radius 1 is 0.914 bits per heavy atom. The normalized spacial score (nSPS) is 10.7. The number of carbonyl (C=O) groups excluding carboxylic acids is 2. The second-order valence-corrected chi connectivity index (χ2v) is 8.11. The molecule has 7 nitrogen and oxygen atoms in total. The Balaban J connectivity index is 1.63. The van der Waals surface area contributed by atoms with Crippen LogP contribution < -0.4 is 20.2 Å². The first-order chi connectivity index (χ1) is 16.9. The van der Waals surface area contributed by atoms with Gasteiger partial charge in [-0.2, -0.15) is 5.10 Å². The number of nitrogens with one attached hydrogen (secondary N) is 2. The maximum absolute atomic E-state index is 12.2. The second kappa shape index (κ2) is 12.8. The smallest absolute Gasteiger partial charge is 0.329 e. The summed E-state index contributed by atoms with van der Waals surface area (Å²) in [6, 6.07) is 17.7. The number of amides is 2. The predicted octanol–water partition coefficient (Wildman–Crippen LogP) is 5.62. The Morgan fingerprint density at radius 2 is 1.66 bits per heavy atom. The average molecular weight is 514 g/mol. The molecular formula is C26H25Cl2N3O4. The van der Waals surface area contributed by atoms with Crippen LogP contribution in [0, 0.1) is 0 Å². The van der Waals surface area contributed by atoms with Crippen LogP contribution in [0.1, 0.15) is 30.5 Å². The van der Waals surface area contributed by atoms with E-state index in [0.29, 0.717) is 45.0 Å². The lowest BCUT2D eigenvalue weighted by Gasteiger charge is -2.14. The molecule has 0 aromatic heterocycles. The topological polar surface area (TPSA) is 89.0 Å². The molecule has 182 valence electrons. The molecule has 3 rings (SSSR count). The highest BCUT2D eigenvalue weighted by molar-refractivity contribution is 6.39. The molecule has 0 saturated carbocycles. The van der Waals surface area contributed by atoms with Crippen molar-refractivity contribution < 1.29 is 19.1 Å². The van der Waals surface area contributed by atoms with Gasteiger partial charge in [0.2, 0.25) is 0 Å². The van der Waals surface area contributed by atoms with Crippen LogP contribution in [-0.4, -0.2) is 24.6 Å². The lowest BCUT2D eigenvalue weighted by molar-refractivity contribution is -0.136. The van der Waals surface area contributed by atoms with E-state index in [-0.39, 0.29) is 6.61 Å². The van der Waals surface area contributed by atoms with Crippen molar-refractivity contribution in [2.24, 2.45) is 5.10 Å². The van der Waals surface area contributed by atoms with Gasteiger partial charge in [-0.05, 0) is 60.9 Å². The Kier molecular flexibility index (Phi) is 9.52. The van der Waals surface area contributed by atoms with Crippen molar-refractivity contribution in [1.29, 1.82) is 0 Å². The zero-order valence-electron chi connectivity index (χ0n) is 19.3. The summed E-state index contributed by atoms with van der Waals surface area (Å²) in [5, 5.41) is 7.50. The highest BCUT2D eigenvalue weighted by Crippen LogP contribution is 2.31. The van der Waals surface area contributed by atoms with Gasteiger partial charge in [0.05, 0.1) is 12.8 Å². The monoisotopic (exact) mass is 513 g/mol. The Bertz CT molecular complexity index is 1210. The molecule has 0 unspecified atom stereocenters. The van der Waals surface area contributed by atoms with E-state index in [2.05, 4.69) is 15.8 Å². The number of halogens is 2. The molecular weight excluding hydrogens is 489 g/mol. The van der Waals surface area contributed by atoms with Gasteiger partial charge in [0, 0.05) is 21.3 Å². The number of para-hydroxylation sites is 1. The largest absolute Gasteiger partial charge is 0.490 e. The van der Waals surface area contributed by atoms with Crippen molar-refractivity contribution in [1.82, 2.24) is 5.43 Å². The van der Waals surface area contributed by atoms with E-state index in [0.717, 1.165) is 12.0 Å². The molecule has 2 N–H and O–H groups in total. The number of ether oxygens (including phenoxy) is 2. The quantitative estimate of drug-likeness (QED) is 0.220. The second-order valence-electron chi connectivity index (χ2n) is 7.29. The van der Waals surface area contributed by atoms with Gasteiger partial charge in [0.25, 0.3) is 0 Å². The van der Waals surface area contributed by atoms with Gasteiger partial charge in [-0.15, -0.1) is 0 Å². The van der Waals surface area contributed by atoms with E-state index < -0.39 is 11.8 Å². The third-order valence-corrected chi connectivity index (χ3v) is 5.64. The Hall–Kier alpha value is -3.55. The zero-order valence-corrected chi connectivity index (χ0v) is 20.8. The number of aryl methyl sites for hydroxylation is 1. The molecule has 0 saturated heterocycles. The minimum atomic E-state index is -0.881. The summed E-state index contributed by atoms with van der Waals surface area (Å²) in [6.07, 6.45) is 2.13. The van der Waals surface area contributed by atoms with Crippen LogP contribution >= 0.6 is 23.2 Å². The molecule has 0 radical (unpaired) electrons. The molecule has 0 spiro atoms. The molecule has 0 atom stereocenters. The first-order valence-electron chi connectivity index (χ1n) is 11.0. The summed E-state index contributed by atoms with van der Waals surface area (Å²) in [7, 11) is 0. The summed E-state index contributed by atoms with van der Waals surface area (Å²) in [4.78, 5) is 24.3. The van der Waals surface area contributed by atoms with Crippen LogP contribution in [0.25, 0.3) is 0 Å². The van der Waals surface area contributed by atoms with Gasteiger partial charge in [-0.1, -0.05) is 54.4 Å². The van der Waals surface area contributed by atoms with Gasteiger partial charge in [-0.3, -0.25) is 9.59 Å². The van der Waals surface area contributed by atoms with Crippen LogP contribution in [0.2, 0.25) is 10.0 Å². The standard InChI is InChI=1S/C26H25Cl2N3O4/c1-3-18-8-5-6-11-22(18)30-25(32)26(33)31-29-15-17-12-13-23(24(14-17)34-4-2)35-16-19-20(27)9-7-10-21(19)28/h5-15H,3-4,16H2,1-2H3,(H,30,32)(H,31,33)/b29-15+. The van der Waals surface area contributed by atoms with Crippen molar-refractivity contribution in [2.75, 3.05) is 11.9 Å². The van der Waals surface area contributed by atoms with Crippen molar-refractivity contribution in [3.63, 3.8) is 0 Å². The molecule has 3 aromatic carbocycles. The molecule has 0 bridgehead atoms. The molecule has 0 aliphatic carbocycles. The number of benzene rings is 3.